The van der Waals surface area contributed by atoms with E-state index in [0.717, 1.165) is 5.56 Å². The Balaban J connectivity index is 2.48. The molecule has 0 radical (unpaired) electrons. The number of carboxylic acid groups (broad SMARTS) is 1. The zero-order valence-corrected chi connectivity index (χ0v) is 14.8. The molecule has 0 heterocycles. The maximum atomic E-state index is 11.9. The lowest BCUT2D eigenvalue weighted by atomic mass is 10.1. The highest BCUT2D eigenvalue weighted by molar-refractivity contribution is 5.92. The topological polar surface area (TPSA) is 171 Å². The Morgan fingerprint density at radius 2 is 1.70 bits per heavy atom. The molecule has 0 saturated carbocycles. The fourth-order valence-corrected chi connectivity index (χ4v) is 2.08. The van der Waals surface area contributed by atoms with Crippen LogP contribution in [0, 0.1) is 0 Å². The number of carbonyl (C=O) groups excluding carboxylic acids is 3. The number of hydrogen-bond donors (Lipinski definition) is 6. The smallest absolute Gasteiger partial charge is 0.326 e. The number of rotatable bonds is 10. The first-order chi connectivity index (χ1) is 12.7. The van der Waals surface area contributed by atoms with Crippen LogP contribution in [0.5, 0.6) is 0 Å². The van der Waals surface area contributed by atoms with E-state index < -0.39 is 55.0 Å². The Morgan fingerprint density at radius 1 is 1.07 bits per heavy atom. The SMILES string of the molecule is C[C@H](NC(=O)[C@@H](N)CO)C(=O)NCC(=O)N[C@@H](Cc1ccccc1)C(=O)O. The number of carboxylic acids is 1. The molecule has 1 aromatic rings. The zero-order chi connectivity index (χ0) is 20.4. The molecule has 1 rings (SSSR count). The number of hydrogen-bond acceptors (Lipinski definition) is 6. The van der Waals surface area contributed by atoms with Crippen molar-refractivity contribution in [3.05, 3.63) is 35.9 Å². The van der Waals surface area contributed by atoms with E-state index in [4.69, 9.17) is 10.8 Å². The fourth-order valence-electron chi connectivity index (χ4n) is 2.08. The Morgan fingerprint density at radius 3 is 2.26 bits per heavy atom. The van der Waals surface area contributed by atoms with E-state index in [1.54, 1.807) is 30.3 Å². The van der Waals surface area contributed by atoms with Crippen molar-refractivity contribution < 1.29 is 29.4 Å². The molecular weight excluding hydrogens is 356 g/mol. The highest BCUT2D eigenvalue weighted by Gasteiger charge is 2.22. The van der Waals surface area contributed by atoms with Gasteiger partial charge < -0.3 is 31.9 Å². The van der Waals surface area contributed by atoms with Gasteiger partial charge in [0.1, 0.15) is 18.1 Å². The van der Waals surface area contributed by atoms with E-state index in [9.17, 15) is 24.3 Å². The molecule has 0 saturated heterocycles. The van der Waals surface area contributed by atoms with Crippen LogP contribution >= 0.6 is 0 Å². The number of aliphatic hydroxyl groups excluding tert-OH is 1. The summed E-state index contributed by atoms with van der Waals surface area (Å²) in [5.74, 6) is -3.24. The normalized spacial score (nSPS) is 13.7. The van der Waals surface area contributed by atoms with E-state index in [-0.39, 0.29) is 6.42 Å². The van der Waals surface area contributed by atoms with E-state index >= 15 is 0 Å². The van der Waals surface area contributed by atoms with E-state index in [1.807, 2.05) is 0 Å². The highest BCUT2D eigenvalue weighted by atomic mass is 16.4. The minimum atomic E-state index is -1.20. The third-order valence-corrected chi connectivity index (χ3v) is 3.62. The van der Waals surface area contributed by atoms with Gasteiger partial charge in [0.05, 0.1) is 13.2 Å². The van der Waals surface area contributed by atoms with Crippen molar-refractivity contribution in [2.75, 3.05) is 13.2 Å². The molecule has 148 valence electrons. The van der Waals surface area contributed by atoms with Gasteiger partial charge in [-0.05, 0) is 12.5 Å². The molecule has 0 aliphatic carbocycles. The molecule has 0 aliphatic rings. The van der Waals surface area contributed by atoms with Gasteiger partial charge in [-0.15, -0.1) is 0 Å². The van der Waals surface area contributed by atoms with Crippen LogP contribution in [0.2, 0.25) is 0 Å². The molecule has 0 spiro atoms. The molecule has 0 aliphatic heterocycles. The van der Waals surface area contributed by atoms with Gasteiger partial charge in [0.15, 0.2) is 0 Å². The Kier molecular flexibility index (Phi) is 8.90. The van der Waals surface area contributed by atoms with Crippen LogP contribution in [0.15, 0.2) is 30.3 Å². The Bertz CT molecular complexity index is 667. The average Bonchev–Trinajstić information content (AvgIpc) is 2.65. The van der Waals surface area contributed by atoms with Crippen LogP contribution in [0.3, 0.4) is 0 Å². The van der Waals surface area contributed by atoms with Crippen LogP contribution in [-0.2, 0) is 25.6 Å². The van der Waals surface area contributed by atoms with Gasteiger partial charge in [-0.3, -0.25) is 14.4 Å². The molecule has 10 heteroatoms. The van der Waals surface area contributed by atoms with Gasteiger partial charge in [-0.25, -0.2) is 4.79 Å². The maximum Gasteiger partial charge on any atom is 0.326 e. The van der Waals surface area contributed by atoms with Gasteiger partial charge in [0, 0.05) is 6.42 Å². The lowest BCUT2D eigenvalue weighted by Crippen LogP contribution is -2.53. The summed E-state index contributed by atoms with van der Waals surface area (Å²) >= 11 is 0. The second-order valence-electron chi connectivity index (χ2n) is 5.89. The lowest BCUT2D eigenvalue weighted by molar-refractivity contribution is -0.141. The molecule has 27 heavy (non-hydrogen) atoms. The molecule has 0 aromatic heterocycles. The van der Waals surface area contributed by atoms with Crippen molar-refractivity contribution >= 4 is 23.7 Å². The molecule has 0 bridgehead atoms. The number of aliphatic hydroxyl groups is 1. The minimum Gasteiger partial charge on any atom is -0.480 e. The Labute approximate surface area is 156 Å². The van der Waals surface area contributed by atoms with Crippen LogP contribution < -0.4 is 21.7 Å². The molecule has 3 amide bonds. The molecule has 0 fully saturated rings. The van der Waals surface area contributed by atoms with Gasteiger partial charge >= 0.3 is 5.97 Å². The van der Waals surface area contributed by atoms with Crippen molar-refractivity contribution in [3.8, 4) is 0 Å². The first kappa shape index (κ1) is 22.1. The van der Waals surface area contributed by atoms with E-state index in [0.29, 0.717) is 0 Å². The van der Waals surface area contributed by atoms with Crippen molar-refractivity contribution in [1.29, 1.82) is 0 Å². The van der Waals surface area contributed by atoms with Gasteiger partial charge in [0.2, 0.25) is 17.7 Å². The van der Waals surface area contributed by atoms with Gasteiger partial charge in [-0.1, -0.05) is 30.3 Å². The summed E-state index contributed by atoms with van der Waals surface area (Å²) in [6.07, 6.45) is 0.0986. The predicted molar refractivity (Wildman–Crippen MR) is 95.4 cm³/mol. The van der Waals surface area contributed by atoms with Crippen molar-refractivity contribution in [2.24, 2.45) is 5.73 Å². The molecule has 0 unspecified atom stereocenters. The second-order valence-corrected chi connectivity index (χ2v) is 5.89. The lowest BCUT2D eigenvalue weighted by Gasteiger charge is -2.17. The number of nitrogens with two attached hydrogens (primary N) is 1. The first-order valence-electron chi connectivity index (χ1n) is 8.25. The number of carbonyl (C=O) groups is 4. The van der Waals surface area contributed by atoms with Crippen LogP contribution in [0.25, 0.3) is 0 Å². The van der Waals surface area contributed by atoms with Crippen LogP contribution in [-0.4, -0.2) is 65.2 Å². The fraction of sp³-hybridized carbons (Fsp3) is 0.412. The summed E-state index contributed by atoms with van der Waals surface area (Å²) in [6, 6.07) is 5.51. The quantitative estimate of drug-likeness (QED) is 0.266. The summed E-state index contributed by atoms with van der Waals surface area (Å²) in [4.78, 5) is 46.6. The summed E-state index contributed by atoms with van der Waals surface area (Å²) in [6.45, 7) is 0.356. The van der Waals surface area contributed by atoms with Gasteiger partial charge in [-0.2, -0.15) is 0 Å². The zero-order valence-electron chi connectivity index (χ0n) is 14.8. The molecule has 1 aromatic carbocycles. The standard InChI is InChI=1S/C17H24N4O6/c1-10(20-16(25)12(18)9-22)15(24)19-8-14(23)21-13(17(26)27)7-11-5-3-2-4-6-11/h2-6,10,12-13,22H,7-9,18H2,1H3,(H,19,24)(H,20,25)(H,21,23)(H,26,27)/t10-,12-,13-/m0/s1. The molecule has 10 nitrogen and oxygen atoms in total. The third-order valence-electron chi connectivity index (χ3n) is 3.62. The summed E-state index contributed by atoms with van der Waals surface area (Å²) in [5, 5.41) is 24.9. The Hall–Kier alpha value is -2.98. The maximum absolute atomic E-state index is 11.9. The summed E-state index contributed by atoms with van der Waals surface area (Å²) in [7, 11) is 0. The average molecular weight is 380 g/mol. The van der Waals surface area contributed by atoms with E-state index in [2.05, 4.69) is 16.0 Å². The van der Waals surface area contributed by atoms with Crippen LogP contribution in [0.4, 0.5) is 0 Å². The second kappa shape index (κ2) is 10.9. The summed E-state index contributed by atoms with van der Waals surface area (Å²) in [5.41, 5.74) is 6.06. The number of nitrogens with one attached hydrogen (secondary N) is 3. The monoisotopic (exact) mass is 380 g/mol. The van der Waals surface area contributed by atoms with Crippen LogP contribution in [0.1, 0.15) is 12.5 Å². The van der Waals surface area contributed by atoms with Crippen molar-refractivity contribution in [2.45, 2.75) is 31.5 Å². The van der Waals surface area contributed by atoms with Crippen molar-refractivity contribution in [3.63, 3.8) is 0 Å². The van der Waals surface area contributed by atoms with Gasteiger partial charge in [0.25, 0.3) is 0 Å². The summed E-state index contributed by atoms with van der Waals surface area (Å²) < 4.78 is 0. The first-order valence-corrected chi connectivity index (χ1v) is 8.25. The minimum absolute atomic E-state index is 0.0986. The predicted octanol–water partition coefficient (Wildman–Crippen LogP) is -2.26. The molecular formula is C17H24N4O6. The largest absolute Gasteiger partial charge is 0.480 e. The molecule has 3 atom stereocenters. The highest BCUT2D eigenvalue weighted by Crippen LogP contribution is 2.03. The number of benzene rings is 1. The van der Waals surface area contributed by atoms with E-state index in [1.165, 1.54) is 6.92 Å². The third kappa shape index (κ3) is 7.84. The number of aliphatic carboxylic acids is 1. The molecule has 7 N–H and O–H groups in total. The van der Waals surface area contributed by atoms with Crippen molar-refractivity contribution in [1.82, 2.24) is 16.0 Å². The number of amides is 3.